The van der Waals surface area contributed by atoms with Gasteiger partial charge in [0.2, 0.25) is 10.0 Å². The molecule has 2 amide bonds. The van der Waals surface area contributed by atoms with Crippen LogP contribution in [0.2, 0.25) is 0 Å². The average Bonchev–Trinajstić information content (AvgIpc) is 2.69. The molecule has 0 aromatic heterocycles. The number of benzene rings is 1. The average molecular weight is 459 g/mol. The predicted molar refractivity (Wildman–Crippen MR) is 114 cm³/mol. The number of carbonyl (C=O) groups excluding carboxylic acids is 1. The number of carboxylic acids is 1. The van der Waals surface area contributed by atoms with E-state index in [0.717, 1.165) is 0 Å². The molecular formula is C19H30N4O7S. The lowest BCUT2D eigenvalue weighted by atomic mass is 10.1. The molecule has 0 saturated carbocycles. The molecule has 11 nitrogen and oxygen atoms in total. The highest BCUT2D eigenvalue weighted by molar-refractivity contribution is 7.89. The molecular weight excluding hydrogens is 428 g/mol. The van der Waals surface area contributed by atoms with Crippen molar-refractivity contribution in [2.75, 3.05) is 52.3 Å². The van der Waals surface area contributed by atoms with Gasteiger partial charge in [-0.25, -0.2) is 17.9 Å². The van der Waals surface area contributed by atoms with Crippen molar-refractivity contribution in [3.8, 4) is 5.75 Å². The van der Waals surface area contributed by atoms with Crippen LogP contribution >= 0.6 is 0 Å². The Morgan fingerprint density at radius 2 is 1.94 bits per heavy atom. The highest BCUT2D eigenvalue weighted by Crippen LogP contribution is 2.28. The summed E-state index contributed by atoms with van der Waals surface area (Å²) in [5.74, 6) is -0.821. The molecule has 12 heteroatoms. The first-order chi connectivity index (χ1) is 14.6. The van der Waals surface area contributed by atoms with Crippen molar-refractivity contribution in [3.05, 3.63) is 18.2 Å². The van der Waals surface area contributed by atoms with Crippen molar-refractivity contribution in [1.82, 2.24) is 14.5 Å². The van der Waals surface area contributed by atoms with E-state index >= 15 is 0 Å². The van der Waals surface area contributed by atoms with Crippen LogP contribution in [0.4, 0.5) is 10.5 Å². The predicted octanol–water partition coefficient (Wildman–Crippen LogP) is 0.631. The van der Waals surface area contributed by atoms with Crippen LogP contribution in [0.1, 0.15) is 13.8 Å². The molecule has 1 heterocycles. The van der Waals surface area contributed by atoms with E-state index in [-0.39, 0.29) is 10.6 Å². The highest BCUT2D eigenvalue weighted by Gasteiger charge is 2.31. The number of nitrogens with zero attached hydrogens (tertiary/aromatic N) is 2. The zero-order chi connectivity index (χ0) is 23.2. The number of carbonyl (C=O) groups is 2. The minimum absolute atomic E-state index is 0.122. The van der Waals surface area contributed by atoms with Gasteiger partial charge in [0.25, 0.3) is 0 Å². The second kappa shape index (κ2) is 10.8. The van der Waals surface area contributed by atoms with Crippen LogP contribution in [0.3, 0.4) is 0 Å². The lowest BCUT2D eigenvalue weighted by Crippen LogP contribution is -2.51. The zero-order valence-corrected chi connectivity index (χ0v) is 18.9. The maximum absolute atomic E-state index is 12.9. The molecule has 0 bridgehead atoms. The van der Waals surface area contributed by atoms with Gasteiger partial charge < -0.3 is 24.8 Å². The molecule has 0 aliphatic carbocycles. The molecule has 1 aromatic rings. The number of anilines is 1. The van der Waals surface area contributed by atoms with Gasteiger partial charge in [-0.05, 0) is 46.1 Å². The third-order valence-electron chi connectivity index (χ3n) is 4.73. The van der Waals surface area contributed by atoms with Gasteiger partial charge in [-0.15, -0.1) is 0 Å². The van der Waals surface area contributed by atoms with Gasteiger partial charge in [0.15, 0.2) is 0 Å². The monoisotopic (exact) mass is 458 g/mol. The molecule has 1 aliphatic rings. The summed E-state index contributed by atoms with van der Waals surface area (Å²) in [4.78, 5) is 26.9. The summed E-state index contributed by atoms with van der Waals surface area (Å²) in [5.41, 5.74) is 0.205. The largest absolute Gasteiger partial charge is 0.492 e. The zero-order valence-electron chi connectivity index (χ0n) is 18.1. The number of nitrogens with one attached hydrogen (secondary N) is 2. The molecule has 1 aromatic carbocycles. The van der Waals surface area contributed by atoms with Gasteiger partial charge in [0.05, 0.1) is 30.4 Å². The topological polar surface area (TPSA) is 138 Å². The molecule has 2 atom stereocenters. The molecule has 2 unspecified atom stereocenters. The summed E-state index contributed by atoms with van der Waals surface area (Å²) in [6, 6.07) is 1.74. The third-order valence-corrected chi connectivity index (χ3v) is 6.28. The number of amides is 2. The number of ether oxygens (including phenoxy) is 2. The van der Waals surface area contributed by atoms with Crippen molar-refractivity contribution in [1.29, 1.82) is 0 Å². The number of aliphatic carboxylic acids is 1. The number of urea groups is 1. The van der Waals surface area contributed by atoms with Crippen molar-refractivity contribution >= 4 is 27.7 Å². The molecule has 1 aliphatic heterocycles. The van der Waals surface area contributed by atoms with Crippen LogP contribution in [0, 0.1) is 0 Å². The van der Waals surface area contributed by atoms with Gasteiger partial charge in [0.1, 0.15) is 11.8 Å². The second-order valence-electron chi connectivity index (χ2n) is 7.28. The lowest BCUT2D eigenvalue weighted by molar-refractivity contribution is -0.143. The minimum atomic E-state index is -4.07. The molecule has 0 spiro atoms. The van der Waals surface area contributed by atoms with Crippen molar-refractivity contribution < 1.29 is 32.6 Å². The Morgan fingerprint density at radius 1 is 1.29 bits per heavy atom. The Labute approximate surface area is 182 Å². The number of hydrogen-bond acceptors (Lipinski definition) is 7. The summed E-state index contributed by atoms with van der Waals surface area (Å²) in [7, 11) is -0.956. The van der Waals surface area contributed by atoms with E-state index in [4.69, 9.17) is 9.47 Å². The van der Waals surface area contributed by atoms with Crippen LogP contribution < -0.4 is 14.8 Å². The van der Waals surface area contributed by atoms with Crippen molar-refractivity contribution in [2.24, 2.45) is 0 Å². The molecule has 174 valence electrons. The molecule has 0 radical (unpaired) electrons. The summed E-state index contributed by atoms with van der Waals surface area (Å²) >= 11 is 0. The first-order valence-electron chi connectivity index (χ1n) is 9.89. The second-order valence-corrected chi connectivity index (χ2v) is 8.99. The van der Waals surface area contributed by atoms with Gasteiger partial charge in [0, 0.05) is 19.1 Å². The van der Waals surface area contributed by atoms with Crippen LogP contribution in [-0.2, 0) is 19.6 Å². The first-order valence-corrected chi connectivity index (χ1v) is 11.4. The van der Waals surface area contributed by atoms with Crippen molar-refractivity contribution in [2.45, 2.75) is 30.8 Å². The molecule has 1 fully saturated rings. The standard InChI is InChI=1S/C19H30N4O7S/c1-5-30-16-7-6-14(12-15(16)20-19(26)23-8-10-29-11-9-23)31(27,28)21-13(2)17(18(24)25)22(3)4/h6-7,12-13,17,21H,5,8-11H2,1-4H3,(H,20,26)(H,24,25). The smallest absolute Gasteiger partial charge is 0.322 e. The van der Waals surface area contributed by atoms with Crippen LogP contribution in [0.5, 0.6) is 5.75 Å². The van der Waals surface area contributed by atoms with Gasteiger partial charge in [-0.1, -0.05) is 0 Å². The third kappa shape index (κ3) is 6.53. The van der Waals surface area contributed by atoms with E-state index in [2.05, 4.69) is 10.0 Å². The van der Waals surface area contributed by atoms with Crippen molar-refractivity contribution in [3.63, 3.8) is 0 Å². The SMILES string of the molecule is CCOc1ccc(S(=O)(=O)NC(C)C(C(=O)O)N(C)C)cc1NC(=O)N1CCOCC1. The number of sulfonamides is 1. The lowest BCUT2D eigenvalue weighted by Gasteiger charge is -2.28. The van der Waals surface area contributed by atoms with E-state index < -0.39 is 34.1 Å². The van der Waals surface area contributed by atoms with Crippen LogP contribution in [-0.4, -0.2) is 94.4 Å². The fraction of sp³-hybridized carbons (Fsp3) is 0.579. The Morgan fingerprint density at radius 3 is 2.48 bits per heavy atom. The fourth-order valence-corrected chi connectivity index (χ4v) is 4.55. The Bertz CT molecular complexity index is 885. The van der Waals surface area contributed by atoms with E-state index in [1.54, 1.807) is 25.9 Å². The quantitative estimate of drug-likeness (QED) is 0.490. The summed E-state index contributed by atoms with van der Waals surface area (Å²) in [6.45, 7) is 5.28. The number of rotatable bonds is 9. The summed E-state index contributed by atoms with van der Waals surface area (Å²) in [6.07, 6.45) is 0. The number of likely N-dealkylation sites (N-methyl/N-ethyl adjacent to an activating group) is 1. The van der Waals surface area contributed by atoms with Gasteiger partial charge in [-0.2, -0.15) is 0 Å². The van der Waals surface area contributed by atoms with Crippen LogP contribution in [0.25, 0.3) is 0 Å². The Balaban J connectivity index is 2.28. The number of carboxylic acid groups (broad SMARTS) is 1. The Hall–Kier alpha value is -2.41. The highest BCUT2D eigenvalue weighted by atomic mass is 32.2. The Kier molecular flexibility index (Phi) is 8.62. The minimum Gasteiger partial charge on any atom is -0.492 e. The normalized spacial score (nSPS) is 16.6. The van der Waals surface area contributed by atoms with E-state index in [1.807, 2.05) is 0 Å². The van der Waals surface area contributed by atoms with Crippen LogP contribution in [0.15, 0.2) is 23.1 Å². The van der Waals surface area contributed by atoms with E-state index in [1.165, 1.54) is 30.0 Å². The molecule has 1 saturated heterocycles. The maximum atomic E-state index is 12.9. The summed E-state index contributed by atoms with van der Waals surface area (Å²) < 4.78 is 39.0. The van der Waals surface area contributed by atoms with Gasteiger partial charge >= 0.3 is 12.0 Å². The first kappa shape index (κ1) is 24.9. The van der Waals surface area contributed by atoms with Gasteiger partial charge in [-0.3, -0.25) is 9.69 Å². The molecule has 31 heavy (non-hydrogen) atoms. The number of morpholine rings is 1. The maximum Gasteiger partial charge on any atom is 0.322 e. The fourth-order valence-electron chi connectivity index (χ4n) is 3.28. The summed E-state index contributed by atoms with van der Waals surface area (Å²) in [5, 5.41) is 12.1. The number of hydrogen-bond donors (Lipinski definition) is 3. The molecule has 2 rings (SSSR count). The molecule has 3 N–H and O–H groups in total. The van der Waals surface area contributed by atoms with E-state index in [0.29, 0.717) is 38.7 Å². The van der Waals surface area contributed by atoms with E-state index in [9.17, 15) is 23.1 Å².